The summed E-state index contributed by atoms with van der Waals surface area (Å²) in [7, 11) is 0. The van der Waals surface area contributed by atoms with Gasteiger partial charge in [-0.3, -0.25) is 14.5 Å². The van der Waals surface area contributed by atoms with E-state index in [1.54, 1.807) is 23.1 Å². The van der Waals surface area contributed by atoms with E-state index in [0.717, 1.165) is 10.8 Å². The van der Waals surface area contributed by atoms with E-state index in [4.69, 9.17) is 5.73 Å². The number of hydrogen-bond donors (Lipinski definition) is 2. The van der Waals surface area contributed by atoms with Crippen molar-refractivity contribution in [3.8, 4) is 0 Å². The monoisotopic (exact) mass is 317 g/mol. The topological polar surface area (TPSA) is 75.4 Å². The third-order valence-electron chi connectivity index (χ3n) is 4.10. The average molecular weight is 317 g/mol. The fraction of sp³-hybridized carbons (Fsp3) is 0.0526. The molecule has 1 aliphatic rings. The lowest BCUT2D eigenvalue weighted by Gasteiger charge is -2.23. The van der Waals surface area contributed by atoms with Gasteiger partial charge in [-0.1, -0.05) is 36.4 Å². The molecular formula is C19H15N3O2. The van der Waals surface area contributed by atoms with Crippen molar-refractivity contribution in [3.05, 3.63) is 60.7 Å². The number of carbonyl (C=O) groups is 2. The molecule has 5 nitrogen and oxygen atoms in total. The van der Waals surface area contributed by atoms with E-state index in [2.05, 4.69) is 5.32 Å². The van der Waals surface area contributed by atoms with Gasteiger partial charge in [0, 0.05) is 11.1 Å². The van der Waals surface area contributed by atoms with E-state index in [-0.39, 0.29) is 18.2 Å². The molecular weight excluding hydrogens is 302 g/mol. The highest BCUT2D eigenvalue weighted by Crippen LogP contribution is 2.40. The highest BCUT2D eigenvalue weighted by Gasteiger charge is 2.28. The predicted molar refractivity (Wildman–Crippen MR) is 95.2 cm³/mol. The van der Waals surface area contributed by atoms with Crippen LogP contribution in [0.5, 0.6) is 0 Å². The van der Waals surface area contributed by atoms with E-state index in [9.17, 15) is 9.59 Å². The van der Waals surface area contributed by atoms with Gasteiger partial charge in [0.05, 0.1) is 17.1 Å². The van der Waals surface area contributed by atoms with Gasteiger partial charge in [0.1, 0.15) is 6.42 Å². The summed E-state index contributed by atoms with van der Waals surface area (Å²) in [6.45, 7) is 0. The van der Waals surface area contributed by atoms with Crippen molar-refractivity contribution in [1.29, 1.82) is 0 Å². The molecule has 0 saturated heterocycles. The zero-order chi connectivity index (χ0) is 16.7. The zero-order valence-corrected chi connectivity index (χ0v) is 12.8. The molecule has 3 aromatic rings. The molecule has 118 valence electrons. The first kappa shape index (κ1) is 14.3. The minimum atomic E-state index is -0.316. The fourth-order valence-electron chi connectivity index (χ4n) is 3.06. The highest BCUT2D eigenvalue weighted by molar-refractivity contribution is 6.21. The molecule has 0 bridgehead atoms. The molecule has 0 unspecified atom stereocenters. The molecule has 5 heteroatoms. The minimum absolute atomic E-state index is 0.211. The maximum Gasteiger partial charge on any atom is 0.241 e. The summed E-state index contributed by atoms with van der Waals surface area (Å²) in [5.74, 6) is -0.601. The normalized spacial score (nSPS) is 14.2. The Labute approximate surface area is 138 Å². The average Bonchev–Trinajstić information content (AvgIpc) is 2.69. The molecule has 0 atom stereocenters. The van der Waals surface area contributed by atoms with Crippen molar-refractivity contribution in [2.45, 2.75) is 6.42 Å². The van der Waals surface area contributed by atoms with Crippen LogP contribution in [0.1, 0.15) is 6.42 Å². The molecule has 0 aromatic heterocycles. The number of fused-ring (bicyclic) bond motifs is 3. The van der Waals surface area contributed by atoms with Crippen LogP contribution in [-0.2, 0) is 9.59 Å². The van der Waals surface area contributed by atoms with Crippen LogP contribution in [0.3, 0.4) is 0 Å². The smallest absolute Gasteiger partial charge is 0.241 e. The Bertz CT molecular complexity index is 981. The van der Waals surface area contributed by atoms with Gasteiger partial charge in [-0.15, -0.1) is 0 Å². The summed E-state index contributed by atoms with van der Waals surface area (Å²) in [6, 6.07) is 18.6. The van der Waals surface area contributed by atoms with Crippen LogP contribution in [0, 0.1) is 0 Å². The maximum absolute atomic E-state index is 12.7. The van der Waals surface area contributed by atoms with Crippen molar-refractivity contribution in [3.63, 3.8) is 0 Å². The molecule has 0 fully saturated rings. The number of anilines is 4. The standard InChI is InChI=1S/C19H15N3O2/c20-13-5-3-6-14(10-13)22-16-9-8-12-4-1-2-7-15(12)19(16)21-17(23)11-18(22)24/h1-10H,11,20H2,(H,21,23). The van der Waals surface area contributed by atoms with Gasteiger partial charge in [0.15, 0.2) is 0 Å². The first-order valence-electron chi connectivity index (χ1n) is 7.63. The molecule has 2 amide bonds. The largest absolute Gasteiger partial charge is 0.399 e. The Morgan fingerprint density at radius 1 is 0.958 bits per heavy atom. The number of benzene rings is 3. The van der Waals surface area contributed by atoms with Crippen molar-refractivity contribution in [1.82, 2.24) is 0 Å². The summed E-state index contributed by atoms with van der Waals surface area (Å²) in [4.78, 5) is 26.4. The van der Waals surface area contributed by atoms with Crippen molar-refractivity contribution in [2.75, 3.05) is 16.0 Å². The quantitative estimate of drug-likeness (QED) is 0.533. The second kappa shape index (κ2) is 5.38. The number of hydrogen-bond acceptors (Lipinski definition) is 3. The van der Waals surface area contributed by atoms with Crippen molar-refractivity contribution >= 4 is 45.3 Å². The zero-order valence-electron chi connectivity index (χ0n) is 12.8. The Balaban J connectivity index is 2.00. The van der Waals surface area contributed by atoms with E-state index in [0.29, 0.717) is 22.7 Å². The molecule has 0 aliphatic carbocycles. The van der Waals surface area contributed by atoms with Gasteiger partial charge >= 0.3 is 0 Å². The van der Waals surface area contributed by atoms with Crippen LogP contribution in [0.4, 0.5) is 22.7 Å². The molecule has 0 spiro atoms. The second-order valence-electron chi connectivity index (χ2n) is 5.73. The summed E-state index contributed by atoms with van der Waals surface area (Å²) in [5.41, 5.74) is 8.37. The van der Waals surface area contributed by atoms with E-state index in [1.165, 1.54) is 0 Å². The molecule has 3 aromatic carbocycles. The molecule has 0 radical (unpaired) electrons. The summed E-state index contributed by atoms with van der Waals surface area (Å²) in [6.07, 6.45) is -0.211. The summed E-state index contributed by atoms with van der Waals surface area (Å²) >= 11 is 0. The Hall–Kier alpha value is -3.34. The minimum Gasteiger partial charge on any atom is -0.399 e. The number of amides is 2. The SMILES string of the molecule is Nc1cccc(N2C(=O)CC(=O)Nc3c2ccc2ccccc32)c1. The highest BCUT2D eigenvalue weighted by atomic mass is 16.2. The molecule has 0 saturated carbocycles. The van der Waals surface area contributed by atoms with Crippen LogP contribution >= 0.6 is 0 Å². The number of nitrogens with zero attached hydrogens (tertiary/aromatic N) is 1. The maximum atomic E-state index is 12.7. The van der Waals surface area contributed by atoms with Crippen LogP contribution in [0.15, 0.2) is 60.7 Å². The number of nitrogens with one attached hydrogen (secondary N) is 1. The summed E-state index contributed by atoms with van der Waals surface area (Å²) in [5, 5.41) is 4.77. The van der Waals surface area contributed by atoms with E-state index >= 15 is 0 Å². The van der Waals surface area contributed by atoms with Crippen LogP contribution in [-0.4, -0.2) is 11.8 Å². The van der Waals surface area contributed by atoms with Gasteiger partial charge in [0.25, 0.3) is 0 Å². The van der Waals surface area contributed by atoms with Crippen LogP contribution < -0.4 is 16.0 Å². The first-order chi connectivity index (χ1) is 11.6. The molecule has 4 rings (SSSR count). The summed E-state index contributed by atoms with van der Waals surface area (Å²) < 4.78 is 0. The predicted octanol–water partition coefficient (Wildman–Crippen LogP) is 3.43. The van der Waals surface area contributed by atoms with E-state index < -0.39 is 0 Å². The number of nitrogens with two attached hydrogens (primary N) is 1. The van der Waals surface area contributed by atoms with Gasteiger partial charge in [-0.05, 0) is 29.7 Å². The number of carbonyl (C=O) groups excluding carboxylic acids is 2. The molecule has 3 N–H and O–H groups in total. The Morgan fingerprint density at radius 3 is 2.62 bits per heavy atom. The number of rotatable bonds is 1. The van der Waals surface area contributed by atoms with Crippen molar-refractivity contribution in [2.24, 2.45) is 0 Å². The first-order valence-corrected chi connectivity index (χ1v) is 7.63. The van der Waals surface area contributed by atoms with E-state index in [1.807, 2.05) is 42.5 Å². The van der Waals surface area contributed by atoms with Crippen LogP contribution in [0.25, 0.3) is 10.8 Å². The lowest BCUT2D eigenvalue weighted by Crippen LogP contribution is -2.26. The van der Waals surface area contributed by atoms with Crippen LogP contribution in [0.2, 0.25) is 0 Å². The van der Waals surface area contributed by atoms with Gasteiger partial charge in [0.2, 0.25) is 11.8 Å². The van der Waals surface area contributed by atoms with Gasteiger partial charge in [-0.25, -0.2) is 0 Å². The fourth-order valence-corrected chi connectivity index (χ4v) is 3.06. The lowest BCUT2D eigenvalue weighted by molar-refractivity contribution is -0.124. The number of nitrogen functional groups attached to an aromatic ring is 1. The second-order valence-corrected chi connectivity index (χ2v) is 5.73. The van der Waals surface area contributed by atoms with Gasteiger partial charge < -0.3 is 11.1 Å². The third kappa shape index (κ3) is 2.27. The van der Waals surface area contributed by atoms with Crippen molar-refractivity contribution < 1.29 is 9.59 Å². The van der Waals surface area contributed by atoms with Gasteiger partial charge in [-0.2, -0.15) is 0 Å². The molecule has 1 heterocycles. The molecule has 1 aliphatic heterocycles. The Morgan fingerprint density at radius 2 is 1.79 bits per heavy atom. The lowest BCUT2D eigenvalue weighted by atomic mass is 10.1. The Kier molecular flexibility index (Phi) is 3.20. The molecule has 24 heavy (non-hydrogen) atoms. The third-order valence-corrected chi connectivity index (χ3v) is 4.10.